The molecule has 25 aromatic carbocycles. The van der Waals surface area contributed by atoms with Crippen molar-refractivity contribution in [1.82, 2.24) is 0 Å². The summed E-state index contributed by atoms with van der Waals surface area (Å²) in [7, 11) is 0. The highest BCUT2D eigenvalue weighted by Crippen LogP contribution is 2.46. The molecule has 0 bridgehead atoms. The van der Waals surface area contributed by atoms with Crippen molar-refractivity contribution in [3.05, 3.63) is 457 Å². The van der Waals surface area contributed by atoms with Crippen LogP contribution in [0, 0.1) is 0 Å². The summed E-state index contributed by atoms with van der Waals surface area (Å²) in [5.74, 6) is 0. The fourth-order valence-electron chi connectivity index (χ4n) is 21.3. The van der Waals surface area contributed by atoms with Gasteiger partial charge in [-0.1, -0.05) is 542 Å². The smallest absolute Gasteiger partial charge is 0.00238 e. The second kappa shape index (κ2) is 38.6. The quantitative estimate of drug-likeness (QED) is 0.105. The Kier molecular flexibility index (Phi) is 26.6. The van der Waals surface area contributed by atoms with Crippen LogP contribution in [0.2, 0.25) is 0 Å². The third-order valence-corrected chi connectivity index (χ3v) is 28.8. The molecule has 0 saturated carbocycles. The maximum atomic E-state index is 2.38. The summed E-state index contributed by atoms with van der Waals surface area (Å²) in [6.45, 7) is 54.6. The second-order valence-electron chi connectivity index (χ2n) is 47.7. The number of fused-ring (bicyclic) bond motifs is 8. The van der Waals surface area contributed by atoms with E-state index >= 15 is 0 Å². The number of hydrogen-bond donors (Lipinski definition) is 0. The van der Waals surface area contributed by atoms with E-state index in [0.717, 1.165) is 0 Å². The highest BCUT2D eigenvalue weighted by atomic mass is 14.3. The number of rotatable bonds is 0. The van der Waals surface area contributed by atoms with Gasteiger partial charge in [0.25, 0.3) is 0 Å². The van der Waals surface area contributed by atoms with Gasteiger partial charge in [-0.2, -0.15) is 0 Å². The SMILES string of the molecule is CC(C)(C)c1c2ccccc2cc2ccccc12.CC(C)(C)c1cc2ccc3cccc4ccc(c1)c2c34.CC(C)(C)c1cc2cccc3ccc4cccc1c4c32.CC(C)(C)c1ccc2cc3ccccc3cc2c1.CC(C)(C)c1ccc2ccc3cccc4ccc1c2c34.CC(C)(C)c1ccc2ccccc2c1.CC(C)(C)c1cccc2cc3ccccc3cc12.CC(C)(C)c1cccc2ccccc12. The monoisotopic (exact) mass is 1850 g/mol. The molecule has 0 atom stereocenters. The van der Waals surface area contributed by atoms with Gasteiger partial charge in [-0.3, -0.25) is 0 Å². The molecular weight excluding hydrogens is 1710 g/mol. The van der Waals surface area contributed by atoms with Gasteiger partial charge in [0.2, 0.25) is 0 Å². The molecule has 0 fully saturated rings. The Balaban J connectivity index is 0.000000107. The molecule has 0 aromatic heterocycles. The summed E-state index contributed by atoms with van der Waals surface area (Å²) in [5.41, 5.74) is 12.9. The van der Waals surface area contributed by atoms with Crippen LogP contribution >= 0.6 is 0 Å². The molecule has 0 nitrogen and oxygen atoms in total. The molecular formula is C142H140. The molecule has 0 aliphatic carbocycles. The Morgan fingerprint density at radius 2 is 0.345 bits per heavy atom. The molecule has 0 aliphatic rings. The molecule has 0 radical (unpaired) electrons. The van der Waals surface area contributed by atoms with E-state index < -0.39 is 0 Å². The summed E-state index contributed by atoms with van der Waals surface area (Å²) in [5, 5.41) is 46.2. The van der Waals surface area contributed by atoms with Gasteiger partial charge in [-0.25, -0.2) is 0 Å². The molecule has 0 aliphatic heterocycles. The van der Waals surface area contributed by atoms with Gasteiger partial charge in [0, 0.05) is 0 Å². The Hall–Kier alpha value is -14.3. The van der Waals surface area contributed by atoms with Crippen molar-refractivity contribution >= 4 is 183 Å². The third kappa shape index (κ3) is 20.6. The first-order valence-electron chi connectivity index (χ1n) is 51.2. The Bertz CT molecular complexity index is 8650. The molecule has 0 unspecified atom stereocenters. The summed E-state index contributed by atoms with van der Waals surface area (Å²) in [6, 6.07) is 150. The zero-order valence-corrected chi connectivity index (χ0v) is 88.3. The molecule has 0 spiro atoms. The van der Waals surface area contributed by atoms with Crippen LogP contribution in [0.15, 0.2) is 413 Å². The fourth-order valence-corrected chi connectivity index (χ4v) is 21.3. The predicted molar refractivity (Wildman–Crippen MR) is 632 cm³/mol. The van der Waals surface area contributed by atoms with Crippen molar-refractivity contribution in [1.29, 1.82) is 0 Å². The summed E-state index contributed by atoms with van der Waals surface area (Å²) < 4.78 is 0. The van der Waals surface area contributed by atoms with Gasteiger partial charge in [0.1, 0.15) is 0 Å². The van der Waals surface area contributed by atoms with E-state index in [-0.39, 0.29) is 43.3 Å². The second-order valence-corrected chi connectivity index (χ2v) is 47.7. The van der Waals surface area contributed by atoms with Gasteiger partial charge < -0.3 is 0 Å². The standard InChI is InChI=1S/3C20H18.3C18H18.2C14H16/c1-20(2,3)17-12-15-8-4-6-13-10-11-14-7-5-9-16(17)19(14)18(13)15;1-20(2,3)17-11-15-9-7-13-5-4-6-14-8-10-16(12-17)19(15)18(13)14;1-20(2,3)17-12-10-15-8-7-13-5-4-6-14-9-11-16(17)19(15)18(13)14;1-18(2,3)17-15-10-6-4-8-13(15)12-14-9-5-7-11-16(14)17;1-18(2,3)17-10-6-9-15-11-13-7-4-5-8-14(13)12-16(15)17;1-18(2,3)17-9-8-15-10-13-6-4-5-7-14(13)11-16(15)12-17;1-14(2,3)13-10-6-8-11-7-4-5-9-12(11)13;1-14(2,3)13-9-8-11-6-4-5-7-12(11)10-13/h3*4-12H,1-3H3;3*4-12H,1-3H3;2*4-10H,1-3H3. The highest BCUT2D eigenvalue weighted by molar-refractivity contribution is 6.26. The normalized spacial score (nSPS) is 12.4. The van der Waals surface area contributed by atoms with Crippen molar-refractivity contribution in [3.63, 3.8) is 0 Å². The molecule has 0 heterocycles. The minimum absolute atomic E-state index is 0.153. The van der Waals surface area contributed by atoms with E-state index in [9.17, 15) is 0 Å². The first-order valence-corrected chi connectivity index (χ1v) is 51.2. The van der Waals surface area contributed by atoms with Crippen molar-refractivity contribution in [2.45, 2.75) is 209 Å². The average Bonchev–Trinajstić information content (AvgIpc) is 0.729. The summed E-state index contributed by atoms with van der Waals surface area (Å²) in [4.78, 5) is 0. The average molecular weight is 1850 g/mol. The van der Waals surface area contributed by atoms with Crippen LogP contribution in [0.1, 0.15) is 211 Å². The minimum Gasteiger partial charge on any atom is -0.0616 e. The molecule has 0 heteroatoms. The minimum atomic E-state index is 0.153. The first kappa shape index (κ1) is 97.9. The third-order valence-electron chi connectivity index (χ3n) is 28.8. The van der Waals surface area contributed by atoms with E-state index in [1.54, 1.807) is 0 Å². The van der Waals surface area contributed by atoms with E-state index in [1.165, 1.54) is 228 Å². The van der Waals surface area contributed by atoms with E-state index in [2.05, 4.69) is 579 Å². The van der Waals surface area contributed by atoms with Crippen LogP contribution in [0.5, 0.6) is 0 Å². The summed E-state index contributed by atoms with van der Waals surface area (Å²) >= 11 is 0. The van der Waals surface area contributed by atoms with E-state index in [1.807, 2.05) is 0 Å². The van der Waals surface area contributed by atoms with Crippen LogP contribution in [-0.4, -0.2) is 0 Å². The molecule has 25 rings (SSSR count). The zero-order chi connectivity index (χ0) is 100. The molecule has 142 heavy (non-hydrogen) atoms. The Morgan fingerprint density at radius 1 is 0.106 bits per heavy atom. The van der Waals surface area contributed by atoms with Crippen LogP contribution in [0.4, 0.5) is 0 Å². The van der Waals surface area contributed by atoms with E-state index in [4.69, 9.17) is 0 Å². The maximum Gasteiger partial charge on any atom is -0.00238 e. The van der Waals surface area contributed by atoms with E-state index in [0.29, 0.717) is 0 Å². The zero-order valence-electron chi connectivity index (χ0n) is 88.3. The molecule has 0 saturated heterocycles. The molecule has 708 valence electrons. The van der Waals surface area contributed by atoms with Crippen molar-refractivity contribution in [3.8, 4) is 0 Å². The van der Waals surface area contributed by atoms with Crippen LogP contribution in [-0.2, 0) is 43.3 Å². The van der Waals surface area contributed by atoms with Crippen molar-refractivity contribution in [2.24, 2.45) is 0 Å². The Labute approximate surface area is 843 Å². The highest BCUT2D eigenvalue weighted by Gasteiger charge is 2.26. The molecule has 25 aromatic rings. The van der Waals surface area contributed by atoms with Gasteiger partial charge in [0.05, 0.1) is 0 Å². The lowest BCUT2D eigenvalue weighted by Gasteiger charge is -2.24. The molecule has 0 N–H and O–H groups in total. The number of hydrogen-bond acceptors (Lipinski definition) is 0. The molecule has 0 amide bonds. The lowest BCUT2D eigenvalue weighted by molar-refractivity contribution is 0.591. The predicted octanol–water partition coefficient (Wildman–Crippen LogP) is 41.8. The number of benzene rings is 25. The van der Waals surface area contributed by atoms with Crippen molar-refractivity contribution < 1.29 is 0 Å². The lowest BCUT2D eigenvalue weighted by atomic mass is 9.80. The Morgan fingerprint density at radius 3 is 0.810 bits per heavy atom. The fraction of sp³-hybridized carbons (Fsp3) is 0.225. The lowest BCUT2D eigenvalue weighted by Crippen LogP contribution is -2.12. The maximum absolute atomic E-state index is 2.38. The van der Waals surface area contributed by atoms with Crippen LogP contribution < -0.4 is 0 Å². The van der Waals surface area contributed by atoms with Gasteiger partial charge in [-0.05, 0) is 307 Å². The van der Waals surface area contributed by atoms with Crippen LogP contribution in [0.25, 0.3) is 183 Å². The van der Waals surface area contributed by atoms with Gasteiger partial charge >= 0.3 is 0 Å². The summed E-state index contributed by atoms with van der Waals surface area (Å²) in [6.07, 6.45) is 0. The van der Waals surface area contributed by atoms with Gasteiger partial charge in [0.15, 0.2) is 0 Å². The first-order chi connectivity index (χ1) is 67.5. The van der Waals surface area contributed by atoms with Crippen LogP contribution in [0.3, 0.4) is 0 Å². The van der Waals surface area contributed by atoms with Crippen molar-refractivity contribution in [2.75, 3.05) is 0 Å². The van der Waals surface area contributed by atoms with Gasteiger partial charge in [-0.15, -0.1) is 0 Å². The topological polar surface area (TPSA) is 0 Å². The largest absolute Gasteiger partial charge is 0.0616 e.